The van der Waals surface area contributed by atoms with E-state index in [1.54, 1.807) is 0 Å². The summed E-state index contributed by atoms with van der Waals surface area (Å²) in [7, 11) is -3.52. The molecule has 1 aliphatic carbocycles. The summed E-state index contributed by atoms with van der Waals surface area (Å²) in [6.45, 7) is 2.66. The second kappa shape index (κ2) is 8.84. The number of nitrogens with one attached hydrogen (secondary N) is 2. The van der Waals surface area contributed by atoms with Gasteiger partial charge in [-0.15, -0.1) is 0 Å². The van der Waals surface area contributed by atoms with Crippen LogP contribution in [0.25, 0.3) is 11.5 Å². The van der Waals surface area contributed by atoms with Gasteiger partial charge in [-0.2, -0.15) is 0 Å². The van der Waals surface area contributed by atoms with Gasteiger partial charge in [-0.05, 0) is 37.3 Å². The van der Waals surface area contributed by atoms with E-state index in [1.807, 2.05) is 6.92 Å². The molecule has 168 valence electrons. The first-order valence-corrected chi connectivity index (χ1v) is 12.4. The molecule has 0 bridgehead atoms. The van der Waals surface area contributed by atoms with Gasteiger partial charge in [0.2, 0.25) is 15.9 Å². The summed E-state index contributed by atoms with van der Waals surface area (Å²) in [6.07, 6.45) is 3.61. The van der Waals surface area contributed by atoms with Crippen LogP contribution in [0.1, 0.15) is 44.2 Å². The molecule has 8 nitrogen and oxygen atoms in total. The van der Waals surface area contributed by atoms with Crippen molar-refractivity contribution in [1.29, 1.82) is 0 Å². The molecule has 2 aromatic rings. The average Bonchev–Trinajstić information content (AvgIpc) is 3.46. The maximum Gasteiger partial charge on any atom is 0.221 e. The van der Waals surface area contributed by atoms with Crippen LogP contribution in [0.4, 0.5) is 4.39 Å². The number of aromatic nitrogens is 3. The van der Waals surface area contributed by atoms with E-state index in [1.165, 1.54) is 16.4 Å². The van der Waals surface area contributed by atoms with Crippen LogP contribution in [0.5, 0.6) is 0 Å². The van der Waals surface area contributed by atoms with E-state index in [9.17, 15) is 17.6 Å². The molecule has 31 heavy (non-hydrogen) atoms. The average molecular weight is 470 g/mol. The Kier molecular flexibility index (Phi) is 6.32. The second-order valence-corrected chi connectivity index (χ2v) is 10.7. The number of carbonyl (C=O) groups excluding carboxylic acids is 1. The minimum Gasteiger partial charge on any atom is -0.353 e. The number of rotatable bonds is 7. The lowest BCUT2D eigenvalue weighted by atomic mass is 9.86. The van der Waals surface area contributed by atoms with Crippen LogP contribution in [-0.2, 0) is 14.8 Å². The van der Waals surface area contributed by atoms with Crippen molar-refractivity contribution >= 4 is 27.5 Å². The Morgan fingerprint density at radius 1 is 1.35 bits per heavy atom. The van der Waals surface area contributed by atoms with E-state index in [0.29, 0.717) is 36.2 Å². The third kappa shape index (κ3) is 5.24. The van der Waals surface area contributed by atoms with Crippen molar-refractivity contribution in [1.82, 2.24) is 24.6 Å². The standard InChI is InChI=1S/C20H25ClFN5O3S/c1-12-11-27(31(29,30)9-7-17(28)24-14-3-4-14)8-6-15(12)18-19(21)26-20(25-18)16-5-2-13(22)10-23-16/h2,5,10,12,14-15H,3-4,6-9,11H2,1H3,(H,24,28)(H,25,26)/t12-,15+/m0/s1. The van der Waals surface area contributed by atoms with Crippen LogP contribution in [0.15, 0.2) is 18.3 Å². The van der Waals surface area contributed by atoms with Crippen LogP contribution in [0.3, 0.4) is 0 Å². The van der Waals surface area contributed by atoms with Crippen molar-refractivity contribution in [3.63, 3.8) is 0 Å². The third-order valence-electron chi connectivity index (χ3n) is 5.82. The van der Waals surface area contributed by atoms with Gasteiger partial charge in [0.25, 0.3) is 0 Å². The largest absolute Gasteiger partial charge is 0.353 e. The van der Waals surface area contributed by atoms with Gasteiger partial charge in [-0.1, -0.05) is 18.5 Å². The van der Waals surface area contributed by atoms with Gasteiger partial charge in [0, 0.05) is 31.5 Å². The lowest BCUT2D eigenvalue weighted by Crippen LogP contribution is -2.43. The molecule has 0 unspecified atom stereocenters. The molecule has 0 aromatic carbocycles. The fourth-order valence-electron chi connectivity index (χ4n) is 3.92. The molecule has 1 amide bonds. The van der Waals surface area contributed by atoms with Gasteiger partial charge in [-0.25, -0.2) is 27.1 Å². The number of carbonyl (C=O) groups is 1. The van der Waals surface area contributed by atoms with Crippen molar-refractivity contribution in [2.24, 2.45) is 5.92 Å². The first-order chi connectivity index (χ1) is 14.7. The van der Waals surface area contributed by atoms with Crippen LogP contribution < -0.4 is 5.32 Å². The van der Waals surface area contributed by atoms with Crippen molar-refractivity contribution in [2.45, 2.75) is 44.6 Å². The highest BCUT2D eigenvalue weighted by atomic mass is 35.5. The van der Waals surface area contributed by atoms with Gasteiger partial charge in [0.15, 0.2) is 11.0 Å². The normalized spacial score (nSPS) is 22.4. The fourth-order valence-corrected chi connectivity index (χ4v) is 5.73. The van der Waals surface area contributed by atoms with E-state index in [-0.39, 0.29) is 36.0 Å². The SMILES string of the molecule is C[C@H]1CN(S(=O)(=O)CCC(=O)NC2CC2)CC[C@H]1c1[nH]c(-c2ccc(F)cn2)nc1Cl. The first-order valence-electron chi connectivity index (χ1n) is 10.4. The van der Waals surface area contributed by atoms with Crippen LogP contribution in [0, 0.1) is 11.7 Å². The number of hydrogen-bond donors (Lipinski definition) is 2. The second-order valence-electron chi connectivity index (χ2n) is 8.29. The maximum absolute atomic E-state index is 13.1. The quantitative estimate of drug-likeness (QED) is 0.648. The fraction of sp³-hybridized carbons (Fsp3) is 0.550. The third-order valence-corrected chi connectivity index (χ3v) is 7.94. The lowest BCUT2D eigenvalue weighted by Gasteiger charge is -2.35. The summed E-state index contributed by atoms with van der Waals surface area (Å²) in [4.78, 5) is 23.4. The predicted molar refractivity (Wildman–Crippen MR) is 114 cm³/mol. The molecule has 0 spiro atoms. The van der Waals surface area contributed by atoms with E-state index < -0.39 is 15.8 Å². The molecule has 11 heteroatoms. The molecule has 1 saturated heterocycles. The van der Waals surface area contributed by atoms with Gasteiger partial charge in [-0.3, -0.25) is 4.79 Å². The van der Waals surface area contributed by atoms with E-state index in [4.69, 9.17) is 11.6 Å². The van der Waals surface area contributed by atoms with E-state index in [2.05, 4.69) is 20.3 Å². The van der Waals surface area contributed by atoms with Crippen molar-refractivity contribution in [3.05, 3.63) is 35.0 Å². The zero-order valence-electron chi connectivity index (χ0n) is 17.1. The monoisotopic (exact) mass is 469 g/mol. The Labute approximate surface area is 185 Å². The van der Waals surface area contributed by atoms with E-state index >= 15 is 0 Å². The van der Waals surface area contributed by atoms with Crippen LogP contribution in [-0.4, -0.2) is 58.5 Å². The van der Waals surface area contributed by atoms with Gasteiger partial charge >= 0.3 is 0 Å². The molecule has 2 aliphatic rings. The van der Waals surface area contributed by atoms with Crippen molar-refractivity contribution in [2.75, 3.05) is 18.8 Å². The maximum atomic E-state index is 13.1. The van der Waals surface area contributed by atoms with E-state index in [0.717, 1.165) is 24.7 Å². The Bertz CT molecular complexity index is 1060. The Morgan fingerprint density at radius 2 is 2.13 bits per heavy atom. The summed E-state index contributed by atoms with van der Waals surface area (Å²) >= 11 is 6.36. The molecular weight excluding hydrogens is 445 g/mol. The highest BCUT2D eigenvalue weighted by Crippen LogP contribution is 2.37. The van der Waals surface area contributed by atoms with Gasteiger partial charge < -0.3 is 10.3 Å². The number of sulfonamides is 1. The Morgan fingerprint density at radius 3 is 2.77 bits per heavy atom. The number of imidazole rings is 1. The zero-order valence-corrected chi connectivity index (χ0v) is 18.7. The summed E-state index contributed by atoms with van der Waals surface area (Å²) in [6, 6.07) is 3.04. The van der Waals surface area contributed by atoms with Gasteiger partial charge in [0.05, 0.1) is 17.6 Å². The molecule has 1 saturated carbocycles. The molecule has 2 aromatic heterocycles. The van der Waals surface area contributed by atoms with Crippen LogP contribution >= 0.6 is 11.6 Å². The summed E-state index contributed by atoms with van der Waals surface area (Å²) in [5.74, 6) is -0.388. The minimum absolute atomic E-state index is 0.00110. The number of H-pyrrole nitrogens is 1. The molecule has 4 rings (SSSR count). The smallest absolute Gasteiger partial charge is 0.221 e. The number of nitrogens with zero attached hydrogens (tertiary/aromatic N) is 3. The van der Waals surface area contributed by atoms with Gasteiger partial charge in [0.1, 0.15) is 11.5 Å². The molecule has 2 N–H and O–H groups in total. The molecule has 1 aliphatic heterocycles. The topological polar surface area (TPSA) is 108 Å². The van der Waals surface area contributed by atoms with Crippen LogP contribution in [0.2, 0.25) is 5.15 Å². The van der Waals surface area contributed by atoms with Crippen molar-refractivity contribution < 1.29 is 17.6 Å². The lowest BCUT2D eigenvalue weighted by molar-refractivity contribution is -0.120. The highest BCUT2D eigenvalue weighted by Gasteiger charge is 2.35. The Balaban J connectivity index is 1.39. The molecule has 2 fully saturated rings. The number of hydrogen-bond acceptors (Lipinski definition) is 5. The Hall–Kier alpha value is -2.04. The minimum atomic E-state index is -3.52. The highest BCUT2D eigenvalue weighted by molar-refractivity contribution is 7.89. The molecular formula is C20H25ClFN5O3S. The number of amides is 1. The molecule has 3 heterocycles. The number of aromatic amines is 1. The zero-order chi connectivity index (χ0) is 22.2. The molecule has 0 radical (unpaired) electrons. The summed E-state index contributed by atoms with van der Waals surface area (Å²) in [5, 5.41) is 3.13. The first kappa shape index (κ1) is 22.2. The predicted octanol–water partition coefficient (Wildman–Crippen LogP) is 2.69. The summed E-state index contributed by atoms with van der Waals surface area (Å²) < 4.78 is 40.0. The number of pyridine rings is 1. The molecule has 2 atom stereocenters. The summed E-state index contributed by atoms with van der Waals surface area (Å²) in [5.41, 5.74) is 1.21. The number of piperidine rings is 1. The van der Waals surface area contributed by atoms with Crippen molar-refractivity contribution in [3.8, 4) is 11.5 Å². The number of halogens is 2.